The fourth-order valence-corrected chi connectivity index (χ4v) is 2.62. The first-order valence-electron chi connectivity index (χ1n) is 7.51. The zero-order valence-electron chi connectivity index (χ0n) is 12.2. The summed E-state index contributed by atoms with van der Waals surface area (Å²) in [6, 6.07) is 15.4. The van der Waals surface area contributed by atoms with Crippen LogP contribution in [0.3, 0.4) is 0 Å². The molecule has 0 amide bonds. The second-order valence-electron chi connectivity index (χ2n) is 5.44. The van der Waals surface area contributed by atoms with Crippen molar-refractivity contribution in [3.8, 4) is 5.75 Å². The Bertz CT molecular complexity index is 595. The lowest BCUT2D eigenvalue weighted by molar-refractivity contribution is 0.339. The van der Waals surface area contributed by atoms with E-state index in [0.29, 0.717) is 18.3 Å². The van der Waals surface area contributed by atoms with E-state index >= 15 is 0 Å². The van der Waals surface area contributed by atoms with Crippen LogP contribution >= 0.6 is 0 Å². The molecule has 1 fully saturated rings. The van der Waals surface area contributed by atoms with Crippen LogP contribution in [0.2, 0.25) is 0 Å². The van der Waals surface area contributed by atoms with Crippen LogP contribution in [0.25, 0.3) is 0 Å². The van der Waals surface area contributed by atoms with E-state index in [4.69, 9.17) is 4.74 Å². The molecule has 0 bridgehead atoms. The molecule has 0 saturated heterocycles. The minimum Gasteiger partial charge on any atom is -0.492 e. The molecule has 110 valence electrons. The number of hydrogen-bond donors (Lipinski definition) is 1. The van der Waals surface area contributed by atoms with Gasteiger partial charge in [-0.15, -0.1) is 0 Å². The van der Waals surface area contributed by atoms with E-state index < -0.39 is 0 Å². The van der Waals surface area contributed by atoms with Crippen molar-refractivity contribution in [2.45, 2.75) is 25.8 Å². The maximum Gasteiger partial charge on any atom is 0.145 e. The van der Waals surface area contributed by atoms with Gasteiger partial charge in [0.15, 0.2) is 0 Å². The lowest BCUT2D eigenvalue weighted by Gasteiger charge is -2.22. The number of nitrogens with one attached hydrogen (secondary N) is 1. The molecule has 1 aliphatic rings. The van der Waals surface area contributed by atoms with Gasteiger partial charge in [0.25, 0.3) is 0 Å². The smallest absolute Gasteiger partial charge is 0.145 e. The number of halogens is 1. The van der Waals surface area contributed by atoms with Gasteiger partial charge >= 0.3 is 0 Å². The van der Waals surface area contributed by atoms with Crippen molar-refractivity contribution in [3.05, 3.63) is 59.9 Å². The highest BCUT2D eigenvalue weighted by Gasteiger charge is 2.32. The minimum atomic E-state index is -0.272. The van der Waals surface area contributed by atoms with Crippen molar-refractivity contribution >= 4 is 5.69 Å². The monoisotopic (exact) mass is 285 g/mol. The van der Waals surface area contributed by atoms with Crippen LogP contribution in [0.5, 0.6) is 5.75 Å². The molecule has 0 heterocycles. The SMILES string of the molecule is CCOc1cc(F)ccc1NC(c1ccccc1)C1CC1. The van der Waals surface area contributed by atoms with E-state index in [1.54, 1.807) is 6.07 Å². The summed E-state index contributed by atoms with van der Waals surface area (Å²) in [6.45, 7) is 2.43. The first kappa shape index (κ1) is 13.9. The van der Waals surface area contributed by atoms with Crippen molar-refractivity contribution in [3.63, 3.8) is 0 Å². The van der Waals surface area contributed by atoms with Gasteiger partial charge in [-0.3, -0.25) is 0 Å². The first-order valence-corrected chi connectivity index (χ1v) is 7.51. The molecular weight excluding hydrogens is 265 g/mol. The van der Waals surface area contributed by atoms with Gasteiger partial charge in [0.1, 0.15) is 11.6 Å². The quantitative estimate of drug-likeness (QED) is 0.824. The Hall–Kier alpha value is -2.03. The summed E-state index contributed by atoms with van der Waals surface area (Å²) in [6.07, 6.45) is 2.47. The van der Waals surface area contributed by atoms with Crippen molar-refractivity contribution in [1.82, 2.24) is 0 Å². The van der Waals surface area contributed by atoms with Gasteiger partial charge in [0.05, 0.1) is 18.3 Å². The van der Waals surface area contributed by atoms with Gasteiger partial charge in [-0.25, -0.2) is 4.39 Å². The summed E-state index contributed by atoms with van der Waals surface area (Å²) < 4.78 is 18.9. The van der Waals surface area contributed by atoms with E-state index in [1.165, 1.54) is 30.5 Å². The first-order chi connectivity index (χ1) is 10.3. The van der Waals surface area contributed by atoms with Gasteiger partial charge in [0.2, 0.25) is 0 Å². The average molecular weight is 285 g/mol. The predicted molar refractivity (Wildman–Crippen MR) is 83.1 cm³/mol. The Balaban J connectivity index is 1.86. The molecule has 1 unspecified atom stereocenters. The number of hydrogen-bond acceptors (Lipinski definition) is 2. The third kappa shape index (κ3) is 3.35. The third-order valence-electron chi connectivity index (χ3n) is 3.81. The van der Waals surface area contributed by atoms with E-state index in [1.807, 2.05) is 13.0 Å². The molecule has 0 aliphatic heterocycles. The van der Waals surface area contributed by atoms with E-state index in [2.05, 4.69) is 29.6 Å². The third-order valence-corrected chi connectivity index (χ3v) is 3.81. The predicted octanol–water partition coefficient (Wildman–Crippen LogP) is 4.79. The van der Waals surface area contributed by atoms with Crippen LogP contribution in [0, 0.1) is 11.7 Å². The Kier molecular flexibility index (Phi) is 4.09. The standard InChI is InChI=1S/C18H20FNO/c1-2-21-17-12-15(19)10-11-16(17)20-18(14-8-9-14)13-6-4-3-5-7-13/h3-7,10-12,14,18,20H,2,8-9H2,1H3. The molecule has 2 nitrogen and oxygen atoms in total. The van der Waals surface area contributed by atoms with Crippen LogP contribution in [-0.4, -0.2) is 6.61 Å². The van der Waals surface area contributed by atoms with Crippen LogP contribution in [-0.2, 0) is 0 Å². The second kappa shape index (κ2) is 6.17. The molecule has 1 N–H and O–H groups in total. The maximum absolute atomic E-state index is 13.4. The van der Waals surface area contributed by atoms with Gasteiger partial charge < -0.3 is 10.1 Å². The Morgan fingerprint density at radius 1 is 1.19 bits per heavy atom. The molecule has 3 rings (SSSR count). The Morgan fingerprint density at radius 2 is 1.95 bits per heavy atom. The molecule has 0 radical (unpaired) electrons. The molecule has 1 saturated carbocycles. The van der Waals surface area contributed by atoms with E-state index in [9.17, 15) is 4.39 Å². The van der Waals surface area contributed by atoms with Crippen LogP contribution in [0.15, 0.2) is 48.5 Å². The Morgan fingerprint density at radius 3 is 2.62 bits per heavy atom. The van der Waals surface area contributed by atoms with Crippen molar-refractivity contribution in [1.29, 1.82) is 0 Å². The summed E-state index contributed by atoms with van der Waals surface area (Å²) >= 11 is 0. The number of anilines is 1. The van der Waals surface area contributed by atoms with Crippen molar-refractivity contribution in [2.24, 2.45) is 5.92 Å². The van der Waals surface area contributed by atoms with Crippen LogP contribution in [0.1, 0.15) is 31.4 Å². The highest BCUT2D eigenvalue weighted by Crippen LogP contribution is 2.44. The van der Waals surface area contributed by atoms with Crippen molar-refractivity contribution in [2.75, 3.05) is 11.9 Å². The number of rotatable bonds is 6. The molecule has 1 atom stereocenters. The number of benzene rings is 2. The zero-order valence-corrected chi connectivity index (χ0v) is 12.2. The lowest BCUT2D eigenvalue weighted by Crippen LogP contribution is -2.13. The molecule has 21 heavy (non-hydrogen) atoms. The highest BCUT2D eigenvalue weighted by atomic mass is 19.1. The van der Waals surface area contributed by atoms with Gasteiger partial charge in [-0.1, -0.05) is 30.3 Å². The Labute approximate surface area is 125 Å². The van der Waals surface area contributed by atoms with E-state index in [-0.39, 0.29) is 11.9 Å². The average Bonchev–Trinajstić information content (AvgIpc) is 3.32. The minimum absolute atomic E-state index is 0.260. The normalized spacial score (nSPS) is 15.5. The summed E-state index contributed by atoms with van der Waals surface area (Å²) in [5.74, 6) is 0.956. The van der Waals surface area contributed by atoms with Gasteiger partial charge in [-0.2, -0.15) is 0 Å². The molecule has 0 spiro atoms. The second-order valence-corrected chi connectivity index (χ2v) is 5.44. The van der Waals surface area contributed by atoms with Crippen LogP contribution < -0.4 is 10.1 Å². The topological polar surface area (TPSA) is 21.3 Å². The molecular formula is C18H20FNO. The molecule has 2 aromatic carbocycles. The highest BCUT2D eigenvalue weighted by molar-refractivity contribution is 5.58. The molecule has 0 aromatic heterocycles. The van der Waals surface area contributed by atoms with Gasteiger partial charge in [-0.05, 0) is 43.4 Å². The summed E-state index contributed by atoms with van der Waals surface area (Å²) in [5, 5.41) is 3.55. The van der Waals surface area contributed by atoms with Crippen LogP contribution in [0.4, 0.5) is 10.1 Å². The summed E-state index contributed by atoms with van der Waals surface area (Å²) in [4.78, 5) is 0. The fourth-order valence-electron chi connectivity index (χ4n) is 2.62. The fraction of sp³-hybridized carbons (Fsp3) is 0.333. The lowest BCUT2D eigenvalue weighted by atomic mass is 10.0. The zero-order chi connectivity index (χ0) is 14.7. The maximum atomic E-state index is 13.4. The van der Waals surface area contributed by atoms with E-state index in [0.717, 1.165) is 5.69 Å². The number of ether oxygens (including phenoxy) is 1. The molecule has 2 aromatic rings. The van der Waals surface area contributed by atoms with Crippen molar-refractivity contribution < 1.29 is 9.13 Å². The summed E-state index contributed by atoms with van der Waals surface area (Å²) in [5.41, 5.74) is 2.13. The molecule has 1 aliphatic carbocycles. The van der Waals surface area contributed by atoms with Gasteiger partial charge in [0, 0.05) is 6.07 Å². The summed E-state index contributed by atoms with van der Waals surface area (Å²) in [7, 11) is 0. The largest absolute Gasteiger partial charge is 0.492 e. The molecule has 3 heteroatoms.